The molecule has 0 unspecified atom stereocenters. The van der Waals surface area contributed by atoms with E-state index in [2.05, 4.69) is 15.5 Å². The van der Waals surface area contributed by atoms with Crippen molar-refractivity contribution < 1.29 is 9.47 Å². The summed E-state index contributed by atoms with van der Waals surface area (Å²) < 4.78 is 12.0. The van der Waals surface area contributed by atoms with Crippen LogP contribution in [0.3, 0.4) is 0 Å². The summed E-state index contributed by atoms with van der Waals surface area (Å²) in [4.78, 5) is 0. The van der Waals surface area contributed by atoms with Crippen molar-refractivity contribution >= 4 is 17.3 Å². The quantitative estimate of drug-likeness (QED) is 0.611. The summed E-state index contributed by atoms with van der Waals surface area (Å²) >= 11 is 5.90. The van der Waals surface area contributed by atoms with Gasteiger partial charge in [0.1, 0.15) is 0 Å². The van der Waals surface area contributed by atoms with E-state index in [-0.39, 0.29) is 0 Å². The van der Waals surface area contributed by atoms with E-state index in [1.54, 1.807) is 23.9 Å². The van der Waals surface area contributed by atoms with E-state index in [1.165, 1.54) is 0 Å². The second-order valence-corrected chi connectivity index (χ2v) is 4.47. The molecule has 8 heteroatoms. The number of nitrogens with zero attached hydrogens (tertiary/aromatic N) is 4. The van der Waals surface area contributed by atoms with Gasteiger partial charge in [0, 0.05) is 12.7 Å². The van der Waals surface area contributed by atoms with Crippen molar-refractivity contribution in [3.63, 3.8) is 0 Å². The molecule has 0 fully saturated rings. The van der Waals surface area contributed by atoms with E-state index in [0.717, 1.165) is 5.56 Å². The van der Waals surface area contributed by atoms with Crippen LogP contribution in [0.5, 0.6) is 0 Å². The first-order valence-electron chi connectivity index (χ1n) is 6.10. The van der Waals surface area contributed by atoms with Gasteiger partial charge in [-0.2, -0.15) is 0 Å². The SMILES string of the molecule is COCCOCCn1nnnc1-c1ccc(Cl)c(N)c1. The highest BCUT2D eigenvalue weighted by Crippen LogP contribution is 2.24. The molecule has 0 saturated heterocycles. The van der Waals surface area contributed by atoms with Gasteiger partial charge in [-0.05, 0) is 28.6 Å². The predicted octanol–water partition coefficient (Wildman–Crippen LogP) is 1.24. The Labute approximate surface area is 121 Å². The molecular formula is C12H16ClN5O2. The van der Waals surface area contributed by atoms with Gasteiger partial charge in [-0.15, -0.1) is 5.10 Å². The molecule has 0 aliphatic heterocycles. The number of benzene rings is 1. The molecular weight excluding hydrogens is 282 g/mol. The number of rotatable bonds is 7. The van der Waals surface area contributed by atoms with E-state index in [0.29, 0.717) is 42.9 Å². The number of nitrogen functional groups attached to an aromatic ring is 1. The Balaban J connectivity index is 2.02. The van der Waals surface area contributed by atoms with Crippen LogP contribution in [-0.2, 0) is 16.0 Å². The summed E-state index contributed by atoms with van der Waals surface area (Å²) in [5.41, 5.74) is 7.09. The number of nitrogens with two attached hydrogens (primary N) is 1. The molecule has 0 bridgehead atoms. The van der Waals surface area contributed by atoms with Gasteiger partial charge in [0.2, 0.25) is 0 Å². The average molecular weight is 298 g/mol. The fourth-order valence-electron chi connectivity index (χ4n) is 1.64. The minimum Gasteiger partial charge on any atom is -0.398 e. The number of anilines is 1. The number of aromatic nitrogens is 4. The van der Waals surface area contributed by atoms with Crippen molar-refractivity contribution in [3.8, 4) is 11.4 Å². The van der Waals surface area contributed by atoms with E-state index >= 15 is 0 Å². The molecule has 108 valence electrons. The van der Waals surface area contributed by atoms with Gasteiger partial charge >= 0.3 is 0 Å². The molecule has 1 heterocycles. The molecule has 2 N–H and O–H groups in total. The van der Waals surface area contributed by atoms with Gasteiger partial charge in [0.25, 0.3) is 0 Å². The van der Waals surface area contributed by atoms with Crippen LogP contribution in [-0.4, -0.2) is 47.1 Å². The molecule has 0 amide bonds. The monoisotopic (exact) mass is 297 g/mol. The van der Waals surface area contributed by atoms with Crippen LogP contribution in [0.25, 0.3) is 11.4 Å². The maximum atomic E-state index is 5.90. The van der Waals surface area contributed by atoms with Crippen LogP contribution in [0.4, 0.5) is 5.69 Å². The average Bonchev–Trinajstić information content (AvgIpc) is 2.90. The van der Waals surface area contributed by atoms with Crippen LogP contribution < -0.4 is 5.73 Å². The lowest BCUT2D eigenvalue weighted by Crippen LogP contribution is -2.11. The molecule has 0 aliphatic rings. The van der Waals surface area contributed by atoms with E-state index in [1.807, 2.05) is 6.07 Å². The van der Waals surface area contributed by atoms with Crippen molar-refractivity contribution in [1.82, 2.24) is 20.2 Å². The number of halogens is 1. The molecule has 0 atom stereocenters. The van der Waals surface area contributed by atoms with Gasteiger partial charge in [0.15, 0.2) is 5.82 Å². The Morgan fingerprint density at radius 1 is 1.30 bits per heavy atom. The molecule has 20 heavy (non-hydrogen) atoms. The Bertz CT molecular complexity index is 561. The fraction of sp³-hybridized carbons (Fsp3) is 0.417. The first-order chi connectivity index (χ1) is 9.72. The summed E-state index contributed by atoms with van der Waals surface area (Å²) in [7, 11) is 1.63. The third-order valence-electron chi connectivity index (χ3n) is 2.67. The smallest absolute Gasteiger partial charge is 0.182 e. The highest BCUT2D eigenvalue weighted by molar-refractivity contribution is 6.33. The summed E-state index contributed by atoms with van der Waals surface area (Å²) in [6.07, 6.45) is 0. The van der Waals surface area contributed by atoms with Crippen LogP contribution in [0.15, 0.2) is 18.2 Å². The first-order valence-corrected chi connectivity index (χ1v) is 6.48. The molecule has 0 spiro atoms. The molecule has 1 aromatic heterocycles. The van der Waals surface area contributed by atoms with Gasteiger partial charge in [-0.3, -0.25) is 0 Å². The highest BCUT2D eigenvalue weighted by atomic mass is 35.5. The zero-order chi connectivity index (χ0) is 14.4. The summed E-state index contributed by atoms with van der Waals surface area (Å²) in [5, 5.41) is 12.1. The maximum absolute atomic E-state index is 5.90. The molecule has 0 aliphatic carbocycles. The topological polar surface area (TPSA) is 88.1 Å². The minimum atomic E-state index is 0.495. The second-order valence-electron chi connectivity index (χ2n) is 4.07. The third kappa shape index (κ3) is 3.66. The number of hydrogen-bond donors (Lipinski definition) is 1. The van der Waals surface area contributed by atoms with Crippen molar-refractivity contribution in [2.24, 2.45) is 0 Å². The Morgan fingerprint density at radius 3 is 2.90 bits per heavy atom. The van der Waals surface area contributed by atoms with Crippen LogP contribution in [0, 0.1) is 0 Å². The number of ether oxygens (including phenoxy) is 2. The first kappa shape index (κ1) is 14.7. The number of methoxy groups -OCH3 is 1. The zero-order valence-electron chi connectivity index (χ0n) is 11.1. The Morgan fingerprint density at radius 2 is 2.15 bits per heavy atom. The van der Waals surface area contributed by atoms with Gasteiger partial charge < -0.3 is 15.2 Å². The number of hydrogen-bond acceptors (Lipinski definition) is 6. The number of tetrazole rings is 1. The highest BCUT2D eigenvalue weighted by Gasteiger charge is 2.10. The summed E-state index contributed by atoms with van der Waals surface area (Å²) in [6.45, 7) is 2.16. The third-order valence-corrected chi connectivity index (χ3v) is 3.01. The van der Waals surface area contributed by atoms with Crippen LogP contribution in [0.2, 0.25) is 5.02 Å². The van der Waals surface area contributed by atoms with Crippen molar-refractivity contribution in [3.05, 3.63) is 23.2 Å². The van der Waals surface area contributed by atoms with Gasteiger partial charge in [-0.25, -0.2) is 4.68 Å². The molecule has 0 saturated carbocycles. The second kappa shape index (κ2) is 7.18. The van der Waals surface area contributed by atoms with E-state index in [9.17, 15) is 0 Å². The lowest BCUT2D eigenvalue weighted by molar-refractivity contribution is 0.0654. The molecule has 2 rings (SSSR count). The Kier molecular flexibility index (Phi) is 5.28. The predicted molar refractivity (Wildman–Crippen MR) is 75.4 cm³/mol. The summed E-state index contributed by atoms with van der Waals surface area (Å²) in [5.74, 6) is 0.628. The standard InChI is InChI=1S/C12H16ClN5O2/c1-19-6-7-20-5-4-18-12(15-16-17-18)9-2-3-10(13)11(14)8-9/h2-3,8H,4-7,14H2,1H3. The van der Waals surface area contributed by atoms with Crippen molar-refractivity contribution in [1.29, 1.82) is 0 Å². The van der Waals surface area contributed by atoms with Crippen molar-refractivity contribution in [2.45, 2.75) is 6.54 Å². The molecule has 0 radical (unpaired) electrons. The van der Waals surface area contributed by atoms with E-state index < -0.39 is 0 Å². The largest absolute Gasteiger partial charge is 0.398 e. The van der Waals surface area contributed by atoms with Crippen LogP contribution >= 0.6 is 11.6 Å². The molecule has 7 nitrogen and oxygen atoms in total. The minimum absolute atomic E-state index is 0.495. The Hall–Kier alpha value is -1.70. The van der Waals surface area contributed by atoms with E-state index in [4.69, 9.17) is 26.8 Å². The lowest BCUT2D eigenvalue weighted by Gasteiger charge is -2.07. The van der Waals surface area contributed by atoms with Crippen LogP contribution in [0.1, 0.15) is 0 Å². The zero-order valence-corrected chi connectivity index (χ0v) is 11.9. The fourth-order valence-corrected chi connectivity index (χ4v) is 1.76. The lowest BCUT2D eigenvalue weighted by atomic mass is 10.2. The normalized spacial score (nSPS) is 10.9. The summed E-state index contributed by atoms with van der Waals surface area (Å²) in [6, 6.07) is 5.29. The molecule has 2 aromatic rings. The maximum Gasteiger partial charge on any atom is 0.182 e. The van der Waals surface area contributed by atoms with Crippen molar-refractivity contribution in [2.75, 3.05) is 32.7 Å². The molecule has 1 aromatic carbocycles. The van der Waals surface area contributed by atoms with Gasteiger partial charge in [-0.1, -0.05) is 11.6 Å². The van der Waals surface area contributed by atoms with Gasteiger partial charge in [0.05, 0.1) is 37.1 Å².